The zero-order valence-electron chi connectivity index (χ0n) is 23.8. The average molecular weight is 621 g/mol. The highest BCUT2D eigenvalue weighted by Gasteiger charge is 2.27. The summed E-state index contributed by atoms with van der Waals surface area (Å²) in [6.45, 7) is 0.230. The topological polar surface area (TPSA) is 135 Å². The third-order valence-electron chi connectivity index (χ3n) is 6.95. The Morgan fingerprint density at radius 3 is 2.44 bits per heavy atom. The van der Waals surface area contributed by atoms with Crippen LogP contribution in [0.25, 0.3) is 15.9 Å². The van der Waals surface area contributed by atoms with Crippen LogP contribution in [-0.4, -0.2) is 54.9 Å². The van der Waals surface area contributed by atoms with Crippen LogP contribution in [-0.2, 0) is 11.3 Å². The molecule has 3 amide bonds. The number of aromatic nitrogens is 5. The molecule has 0 saturated heterocycles. The largest absolute Gasteiger partial charge is 0.339 e. The number of fused-ring (bicyclic) bond motifs is 1. The highest BCUT2D eigenvalue weighted by Crippen LogP contribution is 2.27. The molecule has 0 aliphatic carbocycles. The van der Waals surface area contributed by atoms with E-state index in [-0.39, 0.29) is 29.2 Å². The Morgan fingerprint density at radius 1 is 0.933 bits per heavy atom. The molecule has 0 bridgehead atoms. The van der Waals surface area contributed by atoms with Crippen LogP contribution in [0.4, 0.5) is 10.1 Å². The summed E-state index contributed by atoms with van der Waals surface area (Å²) in [5.74, 6) is -1.59. The molecule has 2 heterocycles. The quantitative estimate of drug-likeness (QED) is 0.237. The number of amides is 3. The summed E-state index contributed by atoms with van der Waals surface area (Å²) in [5.41, 5.74) is 3.31. The predicted molar refractivity (Wildman–Crippen MR) is 166 cm³/mol. The van der Waals surface area contributed by atoms with Gasteiger partial charge in [-0.25, -0.2) is 9.37 Å². The second kappa shape index (κ2) is 12.8. The molecule has 0 radical (unpaired) electrons. The molecule has 0 fully saturated rings. The number of para-hydroxylation sites is 1. The molecule has 4 aromatic carbocycles. The Labute approximate surface area is 260 Å². The van der Waals surface area contributed by atoms with Gasteiger partial charge in [0.25, 0.3) is 11.8 Å². The summed E-state index contributed by atoms with van der Waals surface area (Å²) < 4.78 is 15.4. The number of likely N-dealkylation sites (N-methyl/N-ethyl adjacent to an activating group) is 1. The fourth-order valence-corrected chi connectivity index (χ4v) is 5.63. The van der Waals surface area contributed by atoms with Gasteiger partial charge < -0.3 is 15.5 Å². The lowest BCUT2D eigenvalue weighted by molar-refractivity contribution is -0.132. The number of nitrogens with one attached hydrogen (secondary N) is 2. The van der Waals surface area contributed by atoms with Crippen molar-refractivity contribution in [2.75, 3.05) is 12.4 Å². The number of hydrogen-bond donors (Lipinski definition) is 2. The molecule has 11 nitrogen and oxygen atoms in total. The Balaban J connectivity index is 1.20. The maximum atomic E-state index is 13.6. The zero-order valence-corrected chi connectivity index (χ0v) is 24.6. The smallest absolute Gasteiger partial charge is 0.281 e. The van der Waals surface area contributed by atoms with Crippen LogP contribution in [0.5, 0.6) is 0 Å². The molecule has 45 heavy (non-hydrogen) atoms. The van der Waals surface area contributed by atoms with Crippen LogP contribution in [0.15, 0.2) is 103 Å². The second-order valence-corrected chi connectivity index (χ2v) is 11.1. The van der Waals surface area contributed by atoms with Gasteiger partial charge >= 0.3 is 0 Å². The normalized spacial score (nSPS) is 11.6. The van der Waals surface area contributed by atoms with Crippen LogP contribution in [0.3, 0.4) is 0 Å². The molecule has 0 unspecified atom stereocenters. The number of carbonyl (C=O) groups is 3. The fourth-order valence-electron chi connectivity index (χ4n) is 4.72. The lowest BCUT2D eigenvalue weighted by Gasteiger charge is -2.25. The van der Waals surface area contributed by atoms with E-state index in [1.165, 1.54) is 28.0 Å². The summed E-state index contributed by atoms with van der Waals surface area (Å²) in [7, 11) is 1.63. The van der Waals surface area contributed by atoms with Crippen molar-refractivity contribution in [2.24, 2.45) is 0 Å². The number of thiazole rings is 1. The van der Waals surface area contributed by atoms with E-state index in [1.807, 2.05) is 6.07 Å². The standard InChI is InChI=1S/C32H25FN8O3S/c1-40(18-20-11-13-22(33)14-12-20)32(44)28(21-7-3-2-4-8-21)37-30(43)31-36-25-16-15-23(17-27(25)45-31)35-29(42)24-9-5-6-10-26(24)41-19-34-38-39-41/h2-17,19,28H,18H2,1H3,(H,35,42)(H,37,43)/t28-/m0/s1. The summed E-state index contributed by atoms with van der Waals surface area (Å²) in [5, 5.41) is 17.0. The number of anilines is 1. The van der Waals surface area contributed by atoms with E-state index in [9.17, 15) is 18.8 Å². The minimum atomic E-state index is -0.980. The van der Waals surface area contributed by atoms with E-state index < -0.39 is 11.9 Å². The zero-order chi connectivity index (χ0) is 31.3. The maximum absolute atomic E-state index is 13.6. The van der Waals surface area contributed by atoms with Gasteiger partial charge in [-0.3, -0.25) is 14.4 Å². The highest BCUT2D eigenvalue weighted by atomic mass is 32.1. The number of carbonyl (C=O) groups excluding carboxylic acids is 3. The van der Waals surface area contributed by atoms with Crippen molar-refractivity contribution in [1.29, 1.82) is 0 Å². The minimum absolute atomic E-state index is 0.160. The van der Waals surface area contributed by atoms with Gasteiger partial charge in [-0.2, -0.15) is 4.68 Å². The lowest BCUT2D eigenvalue weighted by Crippen LogP contribution is -2.41. The SMILES string of the molecule is CN(Cc1ccc(F)cc1)C(=O)[C@@H](NC(=O)c1nc2ccc(NC(=O)c3ccccc3-n3cnnn3)cc2s1)c1ccccc1. The molecular weight excluding hydrogens is 595 g/mol. The number of nitrogens with zero attached hydrogens (tertiary/aromatic N) is 6. The highest BCUT2D eigenvalue weighted by molar-refractivity contribution is 7.20. The van der Waals surface area contributed by atoms with Crippen LogP contribution < -0.4 is 10.6 Å². The molecule has 0 saturated carbocycles. The number of hydrogen-bond acceptors (Lipinski definition) is 8. The van der Waals surface area contributed by atoms with E-state index in [0.717, 1.165) is 16.9 Å². The number of rotatable bonds is 9. The van der Waals surface area contributed by atoms with E-state index in [1.54, 1.807) is 85.9 Å². The average Bonchev–Trinajstić information content (AvgIpc) is 3.75. The summed E-state index contributed by atoms with van der Waals surface area (Å²) >= 11 is 1.14. The number of tetrazole rings is 1. The number of halogens is 1. The van der Waals surface area contributed by atoms with Gasteiger partial charge in [0.1, 0.15) is 18.2 Å². The first-order chi connectivity index (χ1) is 21.9. The van der Waals surface area contributed by atoms with Crippen molar-refractivity contribution in [2.45, 2.75) is 12.6 Å². The van der Waals surface area contributed by atoms with Crippen LogP contribution in [0.1, 0.15) is 37.3 Å². The van der Waals surface area contributed by atoms with Crippen LogP contribution >= 0.6 is 11.3 Å². The van der Waals surface area contributed by atoms with E-state index in [4.69, 9.17) is 0 Å². The summed E-state index contributed by atoms with van der Waals surface area (Å²) in [6.07, 6.45) is 1.40. The molecule has 1 atom stereocenters. The van der Waals surface area contributed by atoms with Gasteiger partial charge in [0.2, 0.25) is 5.91 Å². The molecular formula is C32H25FN8O3S. The molecule has 13 heteroatoms. The third-order valence-corrected chi connectivity index (χ3v) is 7.97. The number of benzene rings is 4. The van der Waals surface area contributed by atoms with E-state index >= 15 is 0 Å². The molecule has 6 rings (SSSR count). The molecule has 0 aliphatic heterocycles. The second-order valence-electron chi connectivity index (χ2n) is 10.1. The molecule has 0 spiro atoms. The van der Waals surface area contributed by atoms with Crippen molar-refractivity contribution in [3.8, 4) is 5.69 Å². The summed E-state index contributed by atoms with van der Waals surface area (Å²) in [6, 6.07) is 25.9. The molecule has 2 N–H and O–H groups in total. The van der Waals surface area contributed by atoms with Crippen molar-refractivity contribution in [3.63, 3.8) is 0 Å². The predicted octanol–water partition coefficient (Wildman–Crippen LogP) is 4.79. The van der Waals surface area contributed by atoms with Crippen LogP contribution in [0, 0.1) is 5.82 Å². The Hall–Kier alpha value is -5.82. The van der Waals surface area contributed by atoms with Crippen molar-refractivity contribution < 1.29 is 18.8 Å². The first-order valence-electron chi connectivity index (χ1n) is 13.8. The Morgan fingerprint density at radius 2 is 1.69 bits per heavy atom. The van der Waals surface area contributed by atoms with Crippen molar-refractivity contribution >= 4 is 45.0 Å². The molecule has 2 aromatic heterocycles. The minimum Gasteiger partial charge on any atom is -0.339 e. The molecule has 6 aromatic rings. The third kappa shape index (κ3) is 6.58. The van der Waals surface area contributed by atoms with Gasteiger partial charge in [-0.1, -0.05) is 54.6 Å². The fraction of sp³-hybridized carbons (Fsp3) is 0.0938. The Kier molecular flexibility index (Phi) is 8.33. The lowest BCUT2D eigenvalue weighted by atomic mass is 10.1. The first-order valence-corrected chi connectivity index (χ1v) is 14.6. The van der Waals surface area contributed by atoms with Crippen LogP contribution in [0.2, 0.25) is 0 Å². The maximum Gasteiger partial charge on any atom is 0.281 e. The van der Waals surface area contributed by atoms with Gasteiger partial charge in [0, 0.05) is 19.3 Å². The molecule has 224 valence electrons. The van der Waals surface area contributed by atoms with Gasteiger partial charge in [0.05, 0.1) is 21.5 Å². The summed E-state index contributed by atoms with van der Waals surface area (Å²) in [4.78, 5) is 46.2. The first kappa shape index (κ1) is 29.3. The molecule has 0 aliphatic rings. The van der Waals surface area contributed by atoms with Gasteiger partial charge in [-0.05, 0) is 64.0 Å². The van der Waals surface area contributed by atoms with Gasteiger partial charge in [-0.15, -0.1) is 16.4 Å². The van der Waals surface area contributed by atoms with Gasteiger partial charge in [0.15, 0.2) is 5.01 Å². The van der Waals surface area contributed by atoms with E-state index in [2.05, 4.69) is 31.1 Å². The van der Waals surface area contributed by atoms with Crippen molar-refractivity contribution in [1.82, 2.24) is 35.4 Å². The Bertz CT molecular complexity index is 1980. The van der Waals surface area contributed by atoms with Crippen molar-refractivity contribution in [3.05, 3.63) is 131 Å². The van der Waals surface area contributed by atoms with E-state index in [0.29, 0.717) is 32.7 Å². The monoisotopic (exact) mass is 620 g/mol.